The molecule has 4 heteroatoms. The zero-order valence-electron chi connectivity index (χ0n) is 12.4. The summed E-state index contributed by atoms with van der Waals surface area (Å²) in [6, 6.07) is -0.467. The molecule has 0 radical (unpaired) electrons. The topological polar surface area (TPSA) is 46.4 Å². The summed E-state index contributed by atoms with van der Waals surface area (Å²) in [6.07, 6.45) is 3.97. The highest BCUT2D eigenvalue weighted by Gasteiger charge is 2.41. The van der Waals surface area contributed by atoms with E-state index in [1.165, 1.54) is 5.57 Å². The van der Waals surface area contributed by atoms with Crippen LogP contribution in [0.5, 0.6) is 0 Å². The fraction of sp³-hybridized carbons (Fsp3) is 0.714. The van der Waals surface area contributed by atoms with Gasteiger partial charge in [0.25, 0.3) is 0 Å². The molecule has 1 rings (SSSR count). The maximum Gasteiger partial charge on any atom is 0.233 e. The summed E-state index contributed by atoms with van der Waals surface area (Å²) in [6.45, 7) is 11.3. The van der Waals surface area contributed by atoms with Gasteiger partial charge in [0.05, 0.1) is 12.5 Å². The molecule has 0 bridgehead atoms. The molecule has 0 N–H and O–H groups in total. The summed E-state index contributed by atoms with van der Waals surface area (Å²) in [5, 5.41) is 11.0. The van der Waals surface area contributed by atoms with Crippen molar-refractivity contribution in [3.8, 4) is 0 Å². The molecule has 0 aromatic rings. The van der Waals surface area contributed by atoms with E-state index >= 15 is 0 Å². The van der Waals surface area contributed by atoms with Crippen LogP contribution in [0.2, 0.25) is 0 Å². The van der Waals surface area contributed by atoms with Gasteiger partial charge in [-0.1, -0.05) is 31.6 Å². The monoisotopic (exact) mass is 254 g/mol. The molecule has 1 unspecified atom stereocenters. The lowest BCUT2D eigenvalue weighted by atomic mass is 9.91. The van der Waals surface area contributed by atoms with E-state index in [1.54, 1.807) is 0 Å². The second kappa shape index (κ2) is 8.03. The normalized spacial score (nSPS) is 23.7. The first-order valence-corrected chi connectivity index (χ1v) is 6.59. The largest absolute Gasteiger partial charge is 0.299 e. The molecule has 1 aliphatic heterocycles. The van der Waals surface area contributed by atoms with Gasteiger partial charge in [-0.05, 0) is 33.4 Å². The third-order valence-electron chi connectivity index (χ3n) is 3.07. The smallest absolute Gasteiger partial charge is 0.233 e. The van der Waals surface area contributed by atoms with Crippen molar-refractivity contribution < 1.29 is 4.92 Å². The molecule has 1 aliphatic rings. The maximum absolute atomic E-state index is 11.0. The highest BCUT2D eigenvalue weighted by molar-refractivity contribution is 5.28. The molecule has 1 saturated heterocycles. The highest BCUT2D eigenvalue weighted by Crippen LogP contribution is 2.28. The number of allylic oxidation sites excluding steroid dienone is 3. The van der Waals surface area contributed by atoms with E-state index in [2.05, 4.69) is 0 Å². The Labute approximate surface area is 111 Å². The van der Waals surface area contributed by atoms with Crippen molar-refractivity contribution in [1.82, 2.24) is 4.90 Å². The number of nitro groups is 1. The average molecular weight is 254 g/mol. The first-order valence-electron chi connectivity index (χ1n) is 6.59. The molecule has 0 spiro atoms. The van der Waals surface area contributed by atoms with Crippen molar-refractivity contribution in [3.63, 3.8) is 0 Å². The van der Waals surface area contributed by atoms with Crippen LogP contribution in [-0.4, -0.2) is 36.0 Å². The number of likely N-dealkylation sites (tertiary alicyclic amines) is 1. The fourth-order valence-electron chi connectivity index (χ4n) is 2.34. The van der Waals surface area contributed by atoms with Crippen LogP contribution < -0.4 is 0 Å². The second-order valence-corrected chi connectivity index (χ2v) is 4.64. The van der Waals surface area contributed by atoms with E-state index in [1.807, 2.05) is 58.7 Å². The van der Waals surface area contributed by atoms with Gasteiger partial charge in [0.15, 0.2) is 0 Å². The molecule has 0 aliphatic carbocycles. The molecule has 0 aromatic carbocycles. The molecular formula is C14H26N2O2. The van der Waals surface area contributed by atoms with Gasteiger partial charge in [-0.2, -0.15) is 0 Å². The van der Waals surface area contributed by atoms with Crippen molar-refractivity contribution >= 4 is 0 Å². The Morgan fingerprint density at radius 1 is 1.33 bits per heavy atom. The summed E-state index contributed by atoms with van der Waals surface area (Å²) in [7, 11) is 1.94. The van der Waals surface area contributed by atoms with Gasteiger partial charge in [0.1, 0.15) is 0 Å². The van der Waals surface area contributed by atoms with Crippen LogP contribution in [0.25, 0.3) is 0 Å². The third kappa shape index (κ3) is 4.26. The first-order chi connectivity index (χ1) is 8.47. The van der Waals surface area contributed by atoms with Gasteiger partial charge < -0.3 is 0 Å². The zero-order chi connectivity index (χ0) is 14.3. The Morgan fingerprint density at radius 3 is 2.28 bits per heavy atom. The Bertz CT molecular complexity index is 331. The van der Waals surface area contributed by atoms with Gasteiger partial charge >= 0.3 is 0 Å². The molecule has 2 atom stereocenters. The molecule has 1 heterocycles. The van der Waals surface area contributed by atoms with Crippen LogP contribution in [0.15, 0.2) is 23.3 Å². The molecule has 4 nitrogen and oxygen atoms in total. The standard InChI is InChI=1S/C12H20N2O2.C2H6/c1-5-6-10(9(2)3)11-7-13(4)8-12(11)14(15)16;1-2/h5-6,11-12H,7-8H2,1-4H3;1-2H3/b6-5-;/t11?,12-;/m0./s1. The van der Waals surface area contributed by atoms with E-state index in [9.17, 15) is 10.1 Å². The van der Waals surface area contributed by atoms with Gasteiger partial charge in [-0.25, -0.2) is 0 Å². The average Bonchev–Trinajstić information content (AvgIpc) is 2.70. The molecule has 0 aromatic heterocycles. The Balaban J connectivity index is 0.00000137. The number of hydrogen-bond donors (Lipinski definition) is 0. The van der Waals surface area contributed by atoms with Crippen molar-refractivity contribution in [1.29, 1.82) is 0 Å². The third-order valence-corrected chi connectivity index (χ3v) is 3.07. The molecule has 104 valence electrons. The molecule has 0 saturated carbocycles. The summed E-state index contributed by atoms with van der Waals surface area (Å²) in [5.41, 5.74) is 2.29. The van der Waals surface area contributed by atoms with Crippen LogP contribution >= 0.6 is 0 Å². The van der Waals surface area contributed by atoms with Crippen LogP contribution in [-0.2, 0) is 0 Å². The summed E-state index contributed by atoms with van der Waals surface area (Å²) in [4.78, 5) is 12.9. The van der Waals surface area contributed by atoms with Gasteiger partial charge in [-0.3, -0.25) is 15.0 Å². The number of rotatable bonds is 3. The second-order valence-electron chi connectivity index (χ2n) is 4.64. The van der Waals surface area contributed by atoms with Crippen LogP contribution in [0.1, 0.15) is 34.6 Å². The first kappa shape index (κ1) is 16.8. The van der Waals surface area contributed by atoms with E-state index in [0.29, 0.717) is 6.54 Å². The van der Waals surface area contributed by atoms with Crippen molar-refractivity contribution in [3.05, 3.63) is 33.4 Å². The van der Waals surface area contributed by atoms with Crippen molar-refractivity contribution in [2.75, 3.05) is 20.1 Å². The van der Waals surface area contributed by atoms with E-state index in [4.69, 9.17) is 0 Å². The molecule has 18 heavy (non-hydrogen) atoms. The Morgan fingerprint density at radius 2 is 1.89 bits per heavy atom. The lowest BCUT2D eigenvalue weighted by molar-refractivity contribution is -0.523. The quantitative estimate of drug-likeness (QED) is 0.441. The number of likely N-dealkylation sites (N-methyl/N-ethyl adjacent to an activating group) is 1. The lowest BCUT2D eigenvalue weighted by Crippen LogP contribution is -2.29. The van der Waals surface area contributed by atoms with Gasteiger partial charge in [-0.15, -0.1) is 0 Å². The van der Waals surface area contributed by atoms with Crippen molar-refractivity contribution in [2.45, 2.75) is 40.7 Å². The predicted molar refractivity (Wildman–Crippen MR) is 76.3 cm³/mol. The van der Waals surface area contributed by atoms with Crippen LogP contribution in [0.3, 0.4) is 0 Å². The van der Waals surface area contributed by atoms with Crippen molar-refractivity contribution in [2.24, 2.45) is 5.92 Å². The predicted octanol–water partition coefficient (Wildman–Crippen LogP) is 3.13. The summed E-state index contributed by atoms with van der Waals surface area (Å²) in [5.74, 6) is 0.0289. The highest BCUT2D eigenvalue weighted by atomic mass is 16.6. The molecule has 1 fully saturated rings. The fourth-order valence-corrected chi connectivity index (χ4v) is 2.34. The van der Waals surface area contributed by atoms with Gasteiger partial charge in [0.2, 0.25) is 6.04 Å². The molecular weight excluding hydrogens is 228 g/mol. The van der Waals surface area contributed by atoms with Crippen LogP contribution in [0, 0.1) is 16.0 Å². The van der Waals surface area contributed by atoms with E-state index in [-0.39, 0.29) is 10.8 Å². The minimum absolute atomic E-state index is 0.0289. The van der Waals surface area contributed by atoms with Gasteiger partial charge in [0, 0.05) is 11.5 Å². The minimum Gasteiger partial charge on any atom is -0.299 e. The molecule has 0 amide bonds. The van der Waals surface area contributed by atoms with Crippen LogP contribution in [0.4, 0.5) is 0 Å². The Kier molecular flexibility index (Phi) is 7.51. The minimum atomic E-state index is -0.467. The number of hydrogen-bond acceptors (Lipinski definition) is 3. The summed E-state index contributed by atoms with van der Waals surface area (Å²) < 4.78 is 0. The lowest BCUT2D eigenvalue weighted by Gasteiger charge is -2.15. The Hall–Kier alpha value is -1.16. The maximum atomic E-state index is 11.0. The number of nitrogens with zero attached hydrogens (tertiary/aromatic N) is 2. The zero-order valence-corrected chi connectivity index (χ0v) is 12.4. The van der Waals surface area contributed by atoms with E-state index in [0.717, 1.165) is 12.1 Å². The van der Waals surface area contributed by atoms with E-state index < -0.39 is 6.04 Å². The summed E-state index contributed by atoms with van der Waals surface area (Å²) >= 11 is 0. The SMILES string of the molecule is C/C=C\C(=C(C)C)C1CN(C)C[C@@H]1[N+](=O)[O-].CC.